The Morgan fingerprint density at radius 2 is 2.00 bits per heavy atom. The molecule has 0 unspecified atom stereocenters. The Morgan fingerprint density at radius 3 is 2.67 bits per heavy atom. The van der Waals surface area contributed by atoms with E-state index in [1.807, 2.05) is 6.92 Å². The topological polar surface area (TPSA) is 59.9 Å². The van der Waals surface area contributed by atoms with Crippen LogP contribution in [0.25, 0.3) is 0 Å². The van der Waals surface area contributed by atoms with Gasteiger partial charge in [0.25, 0.3) is 0 Å². The Morgan fingerprint density at radius 1 is 1.24 bits per heavy atom. The molecule has 1 aromatic carbocycles. The molecule has 0 saturated carbocycles. The van der Waals surface area contributed by atoms with Gasteiger partial charge in [0, 0.05) is 6.54 Å². The van der Waals surface area contributed by atoms with Crippen molar-refractivity contribution in [2.75, 3.05) is 11.9 Å². The number of rotatable bonds is 4. The smallest absolute Gasteiger partial charge is 0.416 e. The molecule has 5 nitrogen and oxygen atoms in total. The van der Waals surface area contributed by atoms with Crippen LogP contribution in [-0.2, 0) is 6.18 Å². The minimum absolute atomic E-state index is 0.0467. The second kappa shape index (κ2) is 6.13. The van der Waals surface area contributed by atoms with Crippen molar-refractivity contribution in [1.82, 2.24) is 15.0 Å². The second-order valence-electron chi connectivity index (χ2n) is 3.87. The van der Waals surface area contributed by atoms with Crippen molar-refractivity contribution in [3.05, 3.63) is 35.1 Å². The Hall–Kier alpha value is -2.09. The highest BCUT2D eigenvalue weighted by molar-refractivity contribution is 6.28. The maximum absolute atomic E-state index is 12.6. The summed E-state index contributed by atoms with van der Waals surface area (Å²) >= 11 is 5.69. The Kier molecular flexibility index (Phi) is 4.46. The third-order valence-corrected chi connectivity index (χ3v) is 2.46. The van der Waals surface area contributed by atoms with E-state index in [4.69, 9.17) is 16.3 Å². The predicted molar refractivity (Wildman–Crippen MR) is 70.5 cm³/mol. The van der Waals surface area contributed by atoms with Crippen LogP contribution in [0.5, 0.6) is 11.8 Å². The molecule has 0 fully saturated rings. The first-order valence-corrected chi connectivity index (χ1v) is 6.27. The highest BCUT2D eigenvalue weighted by atomic mass is 35.5. The van der Waals surface area contributed by atoms with Gasteiger partial charge >= 0.3 is 12.2 Å². The van der Waals surface area contributed by atoms with Gasteiger partial charge in [-0.3, -0.25) is 0 Å². The number of nitrogens with zero attached hydrogens (tertiary/aromatic N) is 3. The first-order chi connectivity index (χ1) is 9.88. The van der Waals surface area contributed by atoms with Gasteiger partial charge < -0.3 is 10.1 Å². The van der Waals surface area contributed by atoms with E-state index in [2.05, 4.69) is 20.3 Å². The number of anilines is 1. The SMILES string of the molecule is CCNc1nc(Cl)nc(Oc2cccc(C(F)(F)F)c2)n1. The van der Waals surface area contributed by atoms with Gasteiger partial charge in [0.15, 0.2) is 0 Å². The van der Waals surface area contributed by atoms with Crippen LogP contribution in [0.3, 0.4) is 0 Å². The Balaban J connectivity index is 2.26. The van der Waals surface area contributed by atoms with E-state index in [1.165, 1.54) is 12.1 Å². The molecule has 1 aromatic heterocycles. The lowest BCUT2D eigenvalue weighted by atomic mass is 10.2. The van der Waals surface area contributed by atoms with Gasteiger partial charge in [0.1, 0.15) is 5.75 Å². The fourth-order valence-electron chi connectivity index (χ4n) is 1.46. The fourth-order valence-corrected chi connectivity index (χ4v) is 1.61. The Bertz CT molecular complexity index is 636. The summed E-state index contributed by atoms with van der Waals surface area (Å²) in [6.07, 6.45) is -4.45. The number of halogens is 4. The average Bonchev–Trinajstić information content (AvgIpc) is 2.37. The summed E-state index contributed by atoms with van der Waals surface area (Å²) in [5.41, 5.74) is -0.827. The van der Waals surface area contributed by atoms with Gasteiger partial charge in [-0.1, -0.05) is 6.07 Å². The molecule has 9 heteroatoms. The van der Waals surface area contributed by atoms with Crippen LogP contribution in [0.4, 0.5) is 19.1 Å². The van der Waals surface area contributed by atoms with E-state index in [0.717, 1.165) is 12.1 Å². The van der Waals surface area contributed by atoms with E-state index in [1.54, 1.807) is 0 Å². The lowest BCUT2D eigenvalue weighted by Crippen LogP contribution is -2.06. The van der Waals surface area contributed by atoms with Crippen LogP contribution < -0.4 is 10.1 Å². The lowest BCUT2D eigenvalue weighted by Gasteiger charge is -2.09. The minimum Gasteiger partial charge on any atom is -0.424 e. The summed E-state index contributed by atoms with van der Waals surface area (Å²) < 4.78 is 43.0. The van der Waals surface area contributed by atoms with E-state index in [-0.39, 0.29) is 23.0 Å². The van der Waals surface area contributed by atoms with Crippen molar-refractivity contribution < 1.29 is 17.9 Å². The van der Waals surface area contributed by atoms with E-state index >= 15 is 0 Å². The van der Waals surface area contributed by atoms with Crippen molar-refractivity contribution in [2.24, 2.45) is 0 Å². The molecule has 0 radical (unpaired) electrons. The zero-order valence-electron chi connectivity index (χ0n) is 10.8. The van der Waals surface area contributed by atoms with Crippen molar-refractivity contribution in [3.63, 3.8) is 0 Å². The third kappa shape index (κ3) is 4.19. The highest BCUT2D eigenvalue weighted by Gasteiger charge is 2.30. The summed E-state index contributed by atoms with van der Waals surface area (Å²) in [7, 11) is 0. The molecule has 21 heavy (non-hydrogen) atoms. The van der Waals surface area contributed by atoms with E-state index < -0.39 is 11.7 Å². The van der Waals surface area contributed by atoms with Crippen molar-refractivity contribution in [2.45, 2.75) is 13.1 Å². The second-order valence-corrected chi connectivity index (χ2v) is 4.21. The number of hydrogen-bond acceptors (Lipinski definition) is 5. The number of nitrogens with one attached hydrogen (secondary N) is 1. The summed E-state index contributed by atoms with van der Waals surface area (Å²) in [5.74, 6) is 0.133. The maximum atomic E-state index is 12.6. The molecule has 1 N–H and O–H groups in total. The molecule has 1 heterocycles. The van der Waals surface area contributed by atoms with Crippen molar-refractivity contribution in [3.8, 4) is 11.8 Å². The highest BCUT2D eigenvalue weighted by Crippen LogP contribution is 2.32. The molecule has 0 aliphatic heterocycles. The number of hydrogen-bond donors (Lipinski definition) is 1. The van der Waals surface area contributed by atoms with Crippen LogP contribution in [0.2, 0.25) is 5.28 Å². The molecule has 0 aliphatic carbocycles. The third-order valence-electron chi connectivity index (χ3n) is 2.29. The van der Waals surface area contributed by atoms with Gasteiger partial charge in [-0.25, -0.2) is 0 Å². The summed E-state index contributed by atoms with van der Waals surface area (Å²) in [5, 5.41) is 2.68. The molecule has 0 amide bonds. The van der Waals surface area contributed by atoms with Gasteiger partial charge in [-0.05, 0) is 36.7 Å². The van der Waals surface area contributed by atoms with Crippen LogP contribution in [-0.4, -0.2) is 21.5 Å². The van der Waals surface area contributed by atoms with Crippen LogP contribution in [0, 0.1) is 0 Å². The van der Waals surface area contributed by atoms with Gasteiger partial charge in [0.05, 0.1) is 5.56 Å². The van der Waals surface area contributed by atoms with Gasteiger partial charge in [0.2, 0.25) is 11.2 Å². The molecule has 0 spiro atoms. The summed E-state index contributed by atoms with van der Waals surface area (Å²) in [6, 6.07) is 4.19. The first kappa shape index (κ1) is 15.3. The normalized spacial score (nSPS) is 11.3. The maximum Gasteiger partial charge on any atom is 0.416 e. The zero-order valence-corrected chi connectivity index (χ0v) is 11.5. The van der Waals surface area contributed by atoms with Crippen LogP contribution in [0.15, 0.2) is 24.3 Å². The molecule has 0 saturated heterocycles. The molecule has 0 bridgehead atoms. The molecule has 2 rings (SSSR count). The lowest BCUT2D eigenvalue weighted by molar-refractivity contribution is -0.137. The number of benzene rings is 1. The number of ether oxygens (including phenoxy) is 1. The van der Waals surface area contributed by atoms with Crippen molar-refractivity contribution in [1.29, 1.82) is 0 Å². The number of alkyl halides is 3. The molecule has 2 aromatic rings. The molecule has 0 aliphatic rings. The quantitative estimate of drug-likeness (QED) is 0.930. The van der Waals surface area contributed by atoms with Crippen LogP contribution >= 0.6 is 11.6 Å². The summed E-state index contributed by atoms with van der Waals surface area (Å²) in [6.45, 7) is 2.37. The molecular weight excluding hydrogens is 309 g/mol. The predicted octanol–water partition coefficient (Wildman–Crippen LogP) is 3.77. The monoisotopic (exact) mass is 318 g/mol. The zero-order chi connectivity index (χ0) is 15.5. The molecule has 0 atom stereocenters. The first-order valence-electron chi connectivity index (χ1n) is 5.89. The van der Waals surface area contributed by atoms with Gasteiger partial charge in [-0.2, -0.15) is 28.1 Å². The fraction of sp³-hybridized carbons (Fsp3) is 0.250. The van der Waals surface area contributed by atoms with E-state index in [9.17, 15) is 13.2 Å². The average molecular weight is 319 g/mol. The number of aromatic nitrogens is 3. The minimum atomic E-state index is -4.45. The Labute approximate surface area is 123 Å². The van der Waals surface area contributed by atoms with E-state index in [0.29, 0.717) is 6.54 Å². The van der Waals surface area contributed by atoms with Crippen LogP contribution in [0.1, 0.15) is 12.5 Å². The standard InChI is InChI=1S/C12H10ClF3N4O/c1-2-17-10-18-9(13)19-11(20-10)21-8-5-3-4-7(6-8)12(14,15)16/h3-6H,2H2,1H3,(H,17,18,19,20). The van der Waals surface area contributed by atoms with Gasteiger partial charge in [-0.15, -0.1) is 0 Å². The van der Waals surface area contributed by atoms with Crippen molar-refractivity contribution >= 4 is 17.5 Å². The summed E-state index contributed by atoms with van der Waals surface area (Å²) in [4.78, 5) is 11.4. The largest absolute Gasteiger partial charge is 0.424 e. The molecule has 112 valence electrons. The molecular formula is C12H10ClF3N4O.